The van der Waals surface area contributed by atoms with Gasteiger partial charge in [-0.2, -0.15) is 0 Å². The van der Waals surface area contributed by atoms with E-state index in [9.17, 15) is 14.0 Å². The molecule has 2 amide bonds. The lowest BCUT2D eigenvalue weighted by atomic mass is 10.2. The Morgan fingerprint density at radius 1 is 1.19 bits per heavy atom. The molecule has 0 atom stereocenters. The van der Waals surface area contributed by atoms with Crippen LogP contribution in [-0.2, 0) is 4.74 Å². The van der Waals surface area contributed by atoms with Gasteiger partial charge in [-0.15, -0.1) is 11.3 Å². The predicted octanol–water partition coefficient (Wildman–Crippen LogP) is 3.63. The number of anilines is 2. The fourth-order valence-corrected chi connectivity index (χ4v) is 2.57. The van der Waals surface area contributed by atoms with Crippen molar-refractivity contribution in [2.75, 3.05) is 17.7 Å². The number of carbonyl (C=O) groups is 2. The summed E-state index contributed by atoms with van der Waals surface area (Å²) in [5.74, 6) is -0.896. The second kappa shape index (κ2) is 6.36. The molecule has 21 heavy (non-hydrogen) atoms. The maximum Gasteiger partial charge on any atom is 0.350 e. The fraction of sp³-hybridized carbons (Fsp3) is 0.143. The van der Waals surface area contributed by atoms with Gasteiger partial charge in [-0.25, -0.2) is 14.0 Å². The van der Waals surface area contributed by atoms with Gasteiger partial charge in [0.25, 0.3) is 0 Å². The number of rotatable bonds is 3. The summed E-state index contributed by atoms with van der Waals surface area (Å²) in [6, 6.07) is 4.84. The number of hydrogen-bond donors (Lipinski definition) is 2. The van der Waals surface area contributed by atoms with Crippen LogP contribution in [0.5, 0.6) is 0 Å². The topological polar surface area (TPSA) is 67.4 Å². The number of esters is 1. The Bertz CT molecular complexity index is 667. The summed E-state index contributed by atoms with van der Waals surface area (Å²) < 4.78 is 17.4. The second-order valence-corrected chi connectivity index (χ2v) is 5.08. The number of carbonyl (C=O) groups excluding carboxylic acids is 2. The molecule has 0 bridgehead atoms. The van der Waals surface area contributed by atoms with E-state index in [1.54, 1.807) is 12.3 Å². The average molecular weight is 308 g/mol. The summed E-state index contributed by atoms with van der Waals surface area (Å²) in [4.78, 5) is 23.8. The van der Waals surface area contributed by atoms with Gasteiger partial charge in [0, 0.05) is 5.69 Å². The van der Waals surface area contributed by atoms with Gasteiger partial charge in [-0.05, 0) is 42.1 Å². The van der Waals surface area contributed by atoms with Gasteiger partial charge in [0.05, 0.1) is 12.8 Å². The first-order chi connectivity index (χ1) is 10.0. The first-order valence-corrected chi connectivity index (χ1v) is 6.89. The van der Waals surface area contributed by atoms with Gasteiger partial charge in [-0.1, -0.05) is 0 Å². The van der Waals surface area contributed by atoms with Crippen molar-refractivity contribution in [3.8, 4) is 0 Å². The highest BCUT2D eigenvalue weighted by molar-refractivity contribution is 7.12. The molecular formula is C14H13FN2O3S. The molecule has 0 spiro atoms. The van der Waals surface area contributed by atoms with Crippen LogP contribution in [0, 0.1) is 12.7 Å². The zero-order valence-electron chi connectivity index (χ0n) is 11.4. The Morgan fingerprint density at radius 3 is 2.48 bits per heavy atom. The summed E-state index contributed by atoms with van der Waals surface area (Å²) in [5, 5.41) is 6.91. The lowest BCUT2D eigenvalue weighted by Crippen LogP contribution is -2.21. The average Bonchev–Trinajstić information content (AvgIpc) is 2.82. The number of ether oxygens (including phenoxy) is 1. The molecular weight excluding hydrogens is 295 g/mol. The van der Waals surface area contributed by atoms with Crippen LogP contribution < -0.4 is 10.6 Å². The SMILES string of the molecule is COC(=O)c1scc(C)c1NC(=O)Nc1ccc(F)cc1. The van der Waals surface area contributed by atoms with Crippen molar-refractivity contribution < 1.29 is 18.7 Å². The van der Waals surface area contributed by atoms with Crippen molar-refractivity contribution in [1.29, 1.82) is 0 Å². The predicted molar refractivity (Wildman–Crippen MR) is 79.4 cm³/mol. The summed E-state index contributed by atoms with van der Waals surface area (Å²) in [6.07, 6.45) is 0. The smallest absolute Gasteiger partial charge is 0.350 e. The maximum atomic E-state index is 12.8. The molecule has 0 unspecified atom stereocenters. The minimum atomic E-state index is -0.520. The zero-order chi connectivity index (χ0) is 15.4. The Morgan fingerprint density at radius 2 is 1.86 bits per heavy atom. The molecule has 1 aromatic heterocycles. The number of amides is 2. The Hall–Kier alpha value is -2.41. The molecule has 0 saturated heterocycles. The van der Waals surface area contributed by atoms with E-state index in [4.69, 9.17) is 0 Å². The third kappa shape index (κ3) is 3.57. The molecule has 2 rings (SSSR count). The van der Waals surface area contributed by atoms with E-state index in [0.717, 1.165) is 5.56 Å². The van der Waals surface area contributed by atoms with Gasteiger partial charge < -0.3 is 15.4 Å². The first kappa shape index (κ1) is 15.0. The molecule has 0 aliphatic carbocycles. The van der Waals surface area contributed by atoms with E-state index in [1.165, 1.54) is 42.7 Å². The zero-order valence-corrected chi connectivity index (χ0v) is 12.2. The van der Waals surface area contributed by atoms with E-state index in [2.05, 4.69) is 15.4 Å². The highest BCUT2D eigenvalue weighted by Gasteiger charge is 2.18. The van der Waals surface area contributed by atoms with Crippen molar-refractivity contribution in [3.05, 3.63) is 45.9 Å². The number of benzene rings is 1. The van der Waals surface area contributed by atoms with E-state index < -0.39 is 12.0 Å². The van der Waals surface area contributed by atoms with Crippen molar-refractivity contribution in [2.24, 2.45) is 0 Å². The Balaban J connectivity index is 2.11. The van der Waals surface area contributed by atoms with Gasteiger partial charge in [0.2, 0.25) is 0 Å². The highest BCUT2D eigenvalue weighted by atomic mass is 32.1. The summed E-state index contributed by atoms with van der Waals surface area (Å²) in [7, 11) is 1.28. The molecule has 0 saturated carbocycles. The number of aryl methyl sites for hydroxylation is 1. The van der Waals surface area contributed by atoms with Gasteiger partial charge in [-0.3, -0.25) is 0 Å². The van der Waals surface area contributed by atoms with E-state index >= 15 is 0 Å². The molecule has 2 N–H and O–H groups in total. The van der Waals surface area contributed by atoms with Crippen LogP contribution >= 0.6 is 11.3 Å². The van der Waals surface area contributed by atoms with Crippen molar-refractivity contribution in [3.63, 3.8) is 0 Å². The minimum Gasteiger partial charge on any atom is -0.465 e. The van der Waals surface area contributed by atoms with Crippen molar-refractivity contribution in [1.82, 2.24) is 0 Å². The molecule has 5 nitrogen and oxygen atoms in total. The molecule has 0 fully saturated rings. The van der Waals surface area contributed by atoms with Crippen molar-refractivity contribution >= 4 is 34.7 Å². The quantitative estimate of drug-likeness (QED) is 0.851. The van der Waals surface area contributed by atoms with Crippen LogP contribution in [0.3, 0.4) is 0 Å². The number of hydrogen-bond acceptors (Lipinski definition) is 4. The third-order valence-corrected chi connectivity index (χ3v) is 3.76. The first-order valence-electron chi connectivity index (χ1n) is 6.01. The minimum absolute atomic E-state index is 0.323. The van der Waals surface area contributed by atoms with Crippen LogP contribution in [0.15, 0.2) is 29.6 Å². The number of nitrogens with one attached hydrogen (secondary N) is 2. The van der Waals surface area contributed by atoms with Crippen LogP contribution in [0.1, 0.15) is 15.2 Å². The van der Waals surface area contributed by atoms with E-state index in [-0.39, 0.29) is 5.82 Å². The number of halogens is 1. The van der Waals surface area contributed by atoms with Gasteiger partial charge >= 0.3 is 12.0 Å². The standard InChI is InChI=1S/C14H13FN2O3S/c1-8-7-21-12(13(18)20-2)11(8)17-14(19)16-10-5-3-9(15)4-6-10/h3-7H,1-2H3,(H2,16,17,19). The largest absolute Gasteiger partial charge is 0.465 e. The number of thiophene rings is 1. The lowest BCUT2D eigenvalue weighted by molar-refractivity contribution is 0.0607. The molecule has 110 valence electrons. The molecule has 1 aromatic carbocycles. The van der Waals surface area contributed by atoms with Crippen LogP contribution in [0.25, 0.3) is 0 Å². The fourth-order valence-electron chi connectivity index (χ4n) is 1.65. The van der Waals surface area contributed by atoms with Crippen LogP contribution in [-0.4, -0.2) is 19.1 Å². The number of urea groups is 1. The van der Waals surface area contributed by atoms with Crippen molar-refractivity contribution in [2.45, 2.75) is 6.92 Å². The molecule has 1 heterocycles. The summed E-state index contributed by atoms with van der Waals surface area (Å²) >= 11 is 1.19. The Labute approximate surface area is 124 Å². The summed E-state index contributed by atoms with van der Waals surface area (Å²) in [6.45, 7) is 1.77. The molecule has 0 aliphatic heterocycles. The van der Waals surface area contributed by atoms with Crippen LogP contribution in [0.4, 0.5) is 20.6 Å². The molecule has 2 aromatic rings. The van der Waals surface area contributed by atoms with E-state index in [0.29, 0.717) is 16.3 Å². The lowest BCUT2D eigenvalue weighted by Gasteiger charge is -2.09. The maximum absolute atomic E-state index is 12.8. The van der Waals surface area contributed by atoms with Crippen LogP contribution in [0.2, 0.25) is 0 Å². The monoisotopic (exact) mass is 308 g/mol. The Kier molecular flexibility index (Phi) is 4.54. The van der Waals surface area contributed by atoms with Gasteiger partial charge in [0.1, 0.15) is 10.7 Å². The molecule has 7 heteroatoms. The third-order valence-electron chi connectivity index (χ3n) is 2.69. The highest BCUT2D eigenvalue weighted by Crippen LogP contribution is 2.28. The van der Waals surface area contributed by atoms with E-state index in [1.807, 2.05) is 0 Å². The second-order valence-electron chi connectivity index (χ2n) is 4.20. The molecule has 0 radical (unpaired) electrons. The number of methoxy groups -OCH3 is 1. The van der Waals surface area contributed by atoms with Gasteiger partial charge in [0.15, 0.2) is 0 Å². The normalized spacial score (nSPS) is 10.0. The molecule has 0 aliphatic rings. The summed E-state index contributed by atoms with van der Waals surface area (Å²) in [5.41, 5.74) is 1.61.